The lowest BCUT2D eigenvalue weighted by atomic mass is 10.2. The van der Waals surface area contributed by atoms with Gasteiger partial charge < -0.3 is 19.9 Å². The van der Waals surface area contributed by atoms with Crippen LogP contribution in [0.2, 0.25) is 0 Å². The van der Waals surface area contributed by atoms with Crippen molar-refractivity contribution in [1.82, 2.24) is 9.88 Å². The number of carbonyl (C=O) groups is 1. The number of fused-ring (bicyclic) bond motifs is 1. The lowest BCUT2D eigenvalue weighted by molar-refractivity contribution is 0.142. The van der Waals surface area contributed by atoms with E-state index in [0.29, 0.717) is 13.1 Å². The summed E-state index contributed by atoms with van der Waals surface area (Å²) in [5, 5.41) is 10.1. The SMILES string of the molecule is O=C(O)N1CCN(c2cccc3[nH]ccc23)CC1. The predicted molar refractivity (Wildman–Crippen MR) is 70.1 cm³/mol. The largest absolute Gasteiger partial charge is 0.465 e. The zero-order valence-corrected chi connectivity index (χ0v) is 9.97. The van der Waals surface area contributed by atoms with E-state index in [4.69, 9.17) is 5.11 Å². The number of benzene rings is 1. The average molecular weight is 245 g/mol. The normalized spacial score (nSPS) is 16.2. The van der Waals surface area contributed by atoms with Gasteiger partial charge in [-0.15, -0.1) is 0 Å². The van der Waals surface area contributed by atoms with E-state index in [1.807, 2.05) is 18.3 Å². The number of carboxylic acid groups (broad SMARTS) is 1. The van der Waals surface area contributed by atoms with Gasteiger partial charge in [0.25, 0.3) is 0 Å². The monoisotopic (exact) mass is 245 g/mol. The fraction of sp³-hybridized carbons (Fsp3) is 0.308. The van der Waals surface area contributed by atoms with E-state index in [0.717, 1.165) is 18.6 Å². The fourth-order valence-corrected chi connectivity index (χ4v) is 2.48. The lowest BCUT2D eigenvalue weighted by Gasteiger charge is -2.35. The van der Waals surface area contributed by atoms with E-state index in [-0.39, 0.29) is 0 Å². The van der Waals surface area contributed by atoms with Crippen LogP contribution in [0.25, 0.3) is 10.9 Å². The van der Waals surface area contributed by atoms with Crippen LogP contribution in [0, 0.1) is 0 Å². The van der Waals surface area contributed by atoms with Gasteiger partial charge in [-0.05, 0) is 18.2 Å². The van der Waals surface area contributed by atoms with Gasteiger partial charge in [0.05, 0.1) is 0 Å². The Kier molecular flexibility index (Phi) is 2.59. The van der Waals surface area contributed by atoms with Crippen LogP contribution in [0.4, 0.5) is 10.5 Å². The van der Waals surface area contributed by atoms with Gasteiger partial charge in [0, 0.05) is 49.0 Å². The fourth-order valence-electron chi connectivity index (χ4n) is 2.48. The van der Waals surface area contributed by atoms with Gasteiger partial charge in [-0.3, -0.25) is 0 Å². The van der Waals surface area contributed by atoms with Crippen LogP contribution >= 0.6 is 0 Å². The van der Waals surface area contributed by atoms with E-state index < -0.39 is 6.09 Å². The molecule has 0 atom stereocenters. The van der Waals surface area contributed by atoms with Gasteiger partial charge in [0.1, 0.15) is 0 Å². The molecule has 1 amide bonds. The maximum Gasteiger partial charge on any atom is 0.407 e. The molecule has 1 fully saturated rings. The van der Waals surface area contributed by atoms with Crippen LogP contribution in [0.1, 0.15) is 0 Å². The first-order valence-corrected chi connectivity index (χ1v) is 6.04. The molecule has 5 heteroatoms. The van der Waals surface area contributed by atoms with Crippen LogP contribution < -0.4 is 4.90 Å². The summed E-state index contributed by atoms with van der Waals surface area (Å²) in [6.45, 7) is 2.62. The third-order valence-corrected chi connectivity index (χ3v) is 3.46. The minimum absolute atomic E-state index is 0.566. The summed E-state index contributed by atoms with van der Waals surface area (Å²) in [4.78, 5) is 17.8. The van der Waals surface area contributed by atoms with Crippen molar-refractivity contribution < 1.29 is 9.90 Å². The number of hydrogen-bond donors (Lipinski definition) is 2. The summed E-state index contributed by atoms with van der Waals surface area (Å²) in [5.74, 6) is 0. The Hall–Kier alpha value is -2.17. The second-order valence-electron chi connectivity index (χ2n) is 4.47. The number of amides is 1. The highest BCUT2D eigenvalue weighted by Crippen LogP contribution is 2.26. The van der Waals surface area contributed by atoms with Crippen LogP contribution in [0.15, 0.2) is 30.5 Å². The van der Waals surface area contributed by atoms with Gasteiger partial charge in [-0.1, -0.05) is 6.07 Å². The molecule has 0 spiro atoms. The van der Waals surface area contributed by atoms with Crippen molar-refractivity contribution in [3.8, 4) is 0 Å². The molecule has 0 radical (unpaired) electrons. The van der Waals surface area contributed by atoms with E-state index in [1.54, 1.807) is 0 Å². The highest BCUT2D eigenvalue weighted by Gasteiger charge is 2.21. The Morgan fingerprint density at radius 2 is 1.94 bits per heavy atom. The van der Waals surface area contributed by atoms with E-state index >= 15 is 0 Å². The topological polar surface area (TPSA) is 59.6 Å². The Bertz CT molecular complexity index is 570. The molecular weight excluding hydrogens is 230 g/mol. The molecular formula is C13H15N3O2. The second-order valence-corrected chi connectivity index (χ2v) is 4.47. The van der Waals surface area contributed by atoms with Crippen molar-refractivity contribution in [3.63, 3.8) is 0 Å². The molecule has 94 valence electrons. The van der Waals surface area contributed by atoms with Crippen LogP contribution in [0.3, 0.4) is 0 Å². The van der Waals surface area contributed by atoms with Gasteiger partial charge in [0.15, 0.2) is 0 Å². The Morgan fingerprint density at radius 3 is 2.67 bits per heavy atom. The van der Waals surface area contributed by atoms with Crippen LogP contribution in [-0.4, -0.2) is 47.3 Å². The third kappa shape index (κ3) is 1.77. The van der Waals surface area contributed by atoms with Crippen molar-refractivity contribution >= 4 is 22.7 Å². The molecule has 2 heterocycles. The van der Waals surface area contributed by atoms with E-state index in [9.17, 15) is 4.79 Å². The van der Waals surface area contributed by atoms with Crippen molar-refractivity contribution in [3.05, 3.63) is 30.5 Å². The number of H-pyrrole nitrogens is 1. The first-order valence-electron chi connectivity index (χ1n) is 6.04. The molecule has 0 saturated carbocycles. The number of aromatic nitrogens is 1. The molecule has 5 nitrogen and oxygen atoms in total. The summed E-state index contributed by atoms with van der Waals surface area (Å²) in [6, 6.07) is 8.23. The number of anilines is 1. The van der Waals surface area contributed by atoms with Gasteiger partial charge in [0.2, 0.25) is 0 Å². The standard InChI is InChI=1S/C13H15N3O2/c17-13(18)16-8-6-15(7-9-16)12-3-1-2-11-10(12)4-5-14-11/h1-5,14H,6-9H2,(H,17,18). The highest BCUT2D eigenvalue weighted by molar-refractivity contribution is 5.92. The molecule has 3 rings (SSSR count). The molecule has 0 aliphatic carbocycles. The van der Waals surface area contributed by atoms with Crippen molar-refractivity contribution in [1.29, 1.82) is 0 Å². The summed E-state index contributed by atoms with van der Waals surface area (Å²) < 4.78 is 0. The first kappa shape index (κ1) is 11.0. The quantitative estimate of drug-likeness (QED) is 0.807. The van der Waals surface area contributed by atoms with Gasteiger partial charge in [-0.25, -0.2) is 4.79 Å². The molecule has 1 saturated heterocycles. The van der Waals surface area contributed by atoms with E-state index in [2.05, 4.69) is 22.0 Å². The average Bonchev–Trinajstić information content (AvgIpc) is 2.87. The zero-order chi connectivity index (χ0) is 12.5. The molecule has 1 aromatic heterocycles. The molecule has 1 aliphatic rings. The Morgan fingerprint density at radius 1 is 1.17 bits per heavy atom. The molecule has 1 aliphatic heterocycles. The summed E-state index contributed by atoms with van der Waals surface area (Å²) in [7, 11) is 0. The summed E-state index contributed by atoms with van der Waals surface area (Å²) in [5.41, 5.74) is 2.30. The number of hydrogen-bond acceptors (Lipinski definition) is 2. The number of nitrogens with zero attached hydrogens (tertiary/aromatic N) is 2. The number of piperazine rings is 1. The van der Waals surface area contributed by atoms with Crippen molar-refractivity contribution in [2.24, 2.45) is 0 Å². The molecule has 2 aromatic rings. The third-order valence-electron chi connectivity index (χ3n) is 3.46. The molecule has 18 heavy (non-hydrogen) atoms. The van der Waals surface area contributed by atoms with Gasteiger partial charge >= 0.3 is 6.09 Å². The van der Waals surface area contributed by atoms with Crippen molar-refractivity contribution in [2.45, 2.75) is 0 Å². The van der Waals surface area contributed by atoms with Gasteiger partial charge in [-0.2, -0.15) is 0 Å². The minimum atomic E-state index is -0.825. The minimum Gasteiger partial charge on any atom is -0.465 e. The highest BCUT2D eigenvalue weighted by atomic mass is 16.4. The first-order chi connectivity index (χ1) is 8.75. The summed E-state index contributed by atoms with van der Waals surface area (Å²) in [6.07, 6.45) is 1.11. The van der Waals surface area contributed by atoms with Crippen molar-refractivity contribution in [2.75, 3.05) is 31.1 Å². The Labute approximate surface area is 105 Å². The maximum atomic E-state index is 10.9. The van der Waals surface area contributed by atoms with Crippen LogP contribution in [-0.2, 0) is 0 Å². The molecule has 2 N–H and O–H groups in total. The number of nitrogens with one attached hydrogen (secondary N) is 1. The lowest BCUT2D eigenvalue weighted by Crippen LogP contribution is -2.48. The maximum absolute atomic E-state index is 10.9. The Balaban J connectivity index is 1.84. The molecule has 1 aromatic carbocycles. The van der Waals surface area contributed by atoms with Crippen LogP contribution in [0.5, 0.6) is 0 Å². The number of aromatic amines is 1. The smallest absolute Gasteiger partial charge is 0.407 e. The number of rotatable bonds is 1. The van der Waals surface area contributed by atoms with E-state index in [1.165, 1.54) is 16.0 Å². The summed E-state index contributed by atoms with van der Waals surface area (Å²) >= 11 is 0. The zero-order valence-electron chi connectivity index (χ0n) is 9.97. The molecule has 0 unspecified atom stereocenters. The predicted octanol–water partition coefficient (Wildman–Crippen LogP) is 1.97. The second kappa shape index (κ2) is 4.25. The molecule has 0 bridgehead atoms.